The summed E-state index contributed by atoms with van der Waals surface area (Å²) in [4.78, 5) is 4.81. The van der Waals surface area contributed by atoms with Gasteiger partial charge in [-0.2, -0.15) is 25.2 Å². The molecule has 4 rings (SSSR count). The van der Waals surface area contributed by atoms with Crippen molar-refractivity contribution in [1.82, 2.24) is 0 Å². The Labute approximate surface area is 241 Å². The summed E-state index contributed by atoms with van der Waals surface area (Å²) in [5, 5.41) is 0. The van der Waals surface area contributed by atoms with Crippen LogP contribution in [-0.2, 0) is 19.9 Å². The monoisotopic (exact) mass is 630 g/mol. The van der Waals surface area contributed by atoms with Gasteiger partial charge in [-0.15, -0.1) is 6.08 Å². The summed E-state index contributed by atoms with van der Waals surface area (Å²) in [6, 6.07) is 9.12. The van der Waals surface area contributed by atoms with Gasteiger partial charge in [0.15, 0.2) is 0 Å². The van der Waals surface area contributed by atoms with Crippen LogP contribution in [0.25, 0.3) is 0 Å². The molecule has 0 saturated carbocycles. The van der Waals surface area contributed by atoms with E-state index in [9.17, 15) is 0 Å². The molecule has 2 aromatic rings. The van der Waals surface area contributed by atoms with Gasteiger partial charge >= 0.3 is 34.5 Å². The topological polar surface area (TPSA) is 15.7 Å². The third-order valence-electron chi connectivity index (χ3n) is 6.30. The molecule has 1 aliphatic carbocycles. The van der Waals surface area contributed by atoms with Crippen molar-refractivity contribution in [3.05, 3.63) is 94.7 Å². The van der Waals surface area contributed by atoms with E-state index >= 15 is 0 Å². The first-order chi connectivity index (χ1) is 17.5. The number of hydrogen-bond acceptors (Lipinski definition) is 3. The number of rotatable bonds is 4. The Morgan fingerprint density at radius 3 is 1.59 bits per heavy atom. The molecule has 2 aromatic carbocycles. The van der Waals surface area contributed by atoms with E-state index < -0.39 is 0 Å². The normalized spacial score (nSPS) is 14.9. The van der Waals surface area contributed by atoms with E-state index in [-0.39, 0.29) is 21.2 Å². The zero-order chi connectivity index (χ0) is 27.7. The van der Waals surface area contributed by atoms with Crippen LogP contribution in [0, 0.1) is 55.1 Å². The molecule has 0 unspecified atom stereocenters. The number of ether oxygens (including phenoxy) is 1. The molecule has 3 nitrogen and oxygen atoms in total. The van der Waals surface area contributed by atoms with Gasteiger partial charge in [-0.3, -0.25) is 0 Å². The predicted octanol–water partition coefficient (Wildman–Crippen LogP) is 9.21. The first-order valence-electron chi connectivity index (χ1n) is 12.8. The number of benzene rings is 2. The summed E-state index contributed by atoms with van der Waals surface area (Å²) >= 11 is -0.346. The van der Waals surface area contributed by atoms with E-state index in [0.29, 0.717) is 0 Å². The van der Waals surface area contributed by atoms with Crippen molar-refractivity contribution < 1.29 is 19.9 Å². The van der Waals surface area contributed by atoms with Crippen LogP contribution in [-0.4, -0.2) is 19.2 Å². The molecule has 37 heavy (non-hydrogen) atoms. The van der Waals surface area contributed by atoms with Gasteiger partial charge in [0.1, 0.15) is 0 Å². The Kier molecular flexibility index (Phi) is 12.9. The van der Waals surface area contributed by atoms with E-state index in [1.54, 1.807) is 0 Å². The maximum atomic E-state index is 5.57. The van der Waals surface area contributed by atoms with E-state index in [2.05, 4.69) is 95.3 Å². The van der Waals surface area contributed by atoms with Crippen LogP contribution >= 0.6 is 19.4 Å². The Morgan fingerprint density at radius 1 is 0.838 bits per heavy atom. The van der Waals surface area contributed by atoms with Gasteiger partial charge < -0.3 is 14.5 Å². The molecule has 0 N–H and O–H groups in total. The molecule has 0 spiro atoms. The number of allylic oxidation sites excluding steroid dienone is 4. The zero-order valence-corrected chi connectivity index (χ0v) is 26.8. The first kappa shape index (κ1) is 31.6. The molecule has 1 aliphatic heterocycles. The van der Waals surface area contributed by atoms with E-state index in [0.717, 1.165) is 37.3 Å². The number of anilines is 2. The van der Waals surface area contributed by atoms with Crippen LogP contribution < -0.4 is 9.80 Å². The molecule has 0 aromatic heterocycles. The average molecular weight is 631 g/mol. The van der Waals surface area contributed by atoms with E-state index in [1.807, 2.05) is 19.9 Å². The molecule has 0 atom stereocenters. The minimum atomic E-state index is -0.346. The van der Waals surface area contributed by atoms with Gasteiger partial charge in [-0.25, -0.2) is 0 Å². The van der Waals surface area contributed by atoms with E-state index in [1.165, 1.54) is 44.8 Å². The summed E-state index contributed by atoms with van der Waals surface area (Å²) < 4.78 is 5.57. The fourth-order valence-electron chi connectivity index (χ4n) is 5.20. The SMILES string of the molecule is Cc1cc(C)c(N2[CH-]N(c3c(C)cc(C)cc3C)CC2)c(C)c1.[CH2-]C1=C(OC(C)C)CCC=C1.[Cl][Ru+2][Cl]. The van der Waals surface area contributed by atoms with Crippen LogP contribution in [0.3, 0.4) is 0 Å². The summed E-state index contributed by atoms with van der Waals surface area (Å²) in [6.45, 7) is 25.6. The van der Waals surface area contributed by atoms with Gasteiger partial charge in [0, 0.05) is 24.5 Å². The summed E-state index contributed by atoms with van der Waals surface area (Å²) in [6.07, 6.45) is 6.53. The quantitative estimate of drug-likeness (QED) is 0.248. The van der Waals surface area contributed by atoms with Crippen molar-refractivity contribution in [3.8, 4) is 0 Å². The molecule has 2 aliphatic rings. The molecule has 1 saturated heterocycles. The van der Waals surface area contributed by atoms with Crippen molar-refractivity contribution in [3.63, 3.8) is 0 Å². The van der Waals surface area contributed by atoms with Gasteiger partial charge in [0.05, 0.1) is 6.10 Å². The van der Waals surface area contributed by atoms with Crippen molar-refractivity contribution in [2.45, 2.75) is 74.3 Å². The predicted molar refractivity (Wildman–Crippen MR) is 159 cm³/mol. The first-order valence-corrected chi connectivity index (χ1v) is 17.2. The number of halogens is 2. The number of nitrogens with zero attached hydrogens (tertiary/aromatic N) is 2. The second-order valence-electron chi connectivity index (χ2n) is 10.1. The number of hydrogen-bond donors (Lipinski definition) is 0. The van der Waals surface area contributed by atoms with Crippen LogP contribution in [0.15, 0.2) is 47.7 Å². The Hall–Kier alpha value is -1.61. The van der Waals surface area contributed by atoms with Crippen molar-refractivity contribution in [1.29, 1.82) is 0 Å². The van der Waals surface area contributed by atoms with Gasteiger partial charge in [0.2, 0.25) is 0 Å². The zero-order valence-electron chi connectivity index (χ0n) is 23.6. The summed E-state index contributed by atoms with van der Waals surface area (Å²) in [5.41, 5.74) is 11.9. The second-order valence-corrected chi connectivity index (χ2v) is 12.7. The third kappa shape index (κ3) is 9.27. The molecular weight excluding hydrogens is 588 g/mol. The fourth-order valence-corrected chi connectivity index (χ4v) is 5.20. The van der Waals surface area contributed by atoms with Gasteiger partial charge in [-0.1, -0.05) is 35.4 Å². The van der Waals surface area contributed by atoms with Gasteiger partial charge in [-0.05, 0) is 96.2 Å². The Bertz CT molecular complexity index is 1000. The molecule has 6 heteroatoms. The average Bonchev–Trinajstić information content (AvgIpc) is 3.23. The van der Waals surface area contributed by atoms with Crippen LogP contribution in [0.4, 0.5) is 11.4 Å². The van der Waals surface area contributed by atoms with Crippen molar-refractivity contribution in [2.24, 2.45) is 0 Å². The molecule has 0 radical (unpaired) electrons. The minimum absolute atomic E-state index is 0.272. The standard InChI is InChI=1S/C21H27N2.C10H15O.2ClH.Ru/c1-14-9-16(3)20(17(4)10-14)22-7-8-23(13-22)21-18(5)11-15(2)12-19(21)6;1-8(2)11-10-7-5-4-6-9(10)3;;;/h9-13H,7-8H2,1-6H3;4,6,8H,3,5,7H2,1-2H3;2*1H;/q2*-1;;;+4/p-2. The van der Waals surface area contributed by atoms with E-state index in [4.69, 9.17) is 24.1 Å². The van der Waals surface area contributed by atoms with Crippen LogP contribution in [0.1, 0.15) is 60.1 Å². The van der Waals surface area contributed by atoms with Crippen molar-refractivity contribution in [2.75, 3.05) is 22.9 Å². The second kappa shape index (κ2) is 15.1. The molecule has 1 heterocycles. The molecular formula is C31H42Cl2N2ORu. The molecule has 0 amide bonds. The Balaban J connectivity index is 0.000000287. The molecule has 0 bridgehead atoms. The maximum absolute atomic E-state index is 5.57. The van der Waals surface area contributed by atoms with Crippen LogP contribution in [0.5, 0.6) is 0 Å². The number of aryl methyl sites for hydroxylation is 6. The summed E-state index contributed by atoms with van der Waals surface area (Å²) in [5.74, 6) is 1.06. The van der Waals surface area contributed by atoms with Crippen LogP contribution in [0.2, 0.25) is 0 Å². The van der Waals surface area contributed by atoms with Crippen molar-refractivity contribution >= 4 is 30.8 Å². The molecule has 204 valence electrons. The van der Waals surface area contributed by atoms with Gasteiger partial charge in [0.25, 0.3) is 0 Å². The fraction of sp³-hybridized carbons (Fsp3) is 0.419. The summed E-state index contributed by atoms with van der Waals surface area (Å²) in [7, 11) is 9.71. The third-order valence-corrected chi connectivity index (χ3v) is 6.30. The Morgan fingerprint density at radius 2 is 1.24 bits per heavy atom. The molecule has 1 fully saturated rings.